The number of nitro groups is 1. The lowest BCUT2D eigenvalue weighted by Crippen LogP contribution is -2.52. The first-order chi connectivity index (χ1) is 13.4. The van der Waals surface area contributed by atoms with Gasteiger partial charge < -0.3 is 4.90 Å². The topological polar surface area (TPSA) is 95.8 Å². The van der Waals surface area contributed by atoms with Crippen LogP contribution in [-0.2, 0) is 10.0 Å². The molecule has 9 heteroatoms. The molecule has 1 heterocycles. The summed E-state index contributed by atoms with van der Waals surface area (Å²) >= 11 is 0. The molecule has 2 aromatic rings. The summed E-state index contributed by atoms with van der Waals surface area (Å²) in [5.41, 5.74) is 1.07. The van der Waals surface area contributed by atoms with Crippen molar-refractivity contribution in [3.63, 3.8) is 0 Å². The number of hydrogen-bond acceptors (Lipinski definition) is 6. The molecule has 1 N–H and O–H groups in total. The number of piperazine rings is 1. The minimum absolute atomic E-state index is 0.0270. The van der Waals surface area contributed by atoms with E-state index in [1.165, 1.54) is 30.0 Å². The molecule has 1 aliphatic heterocycles. The van der Waals surface area contributed by atoms with Gasteiger partial charge in [0.25, 0.3) is 5.69 Å². The number of anilines is 1. The van der Waals surface area contributed by atoms with Gasteiger partial charge in [-0.3, -0.25) is 15.0 Å². The Morgan fingerprint density at radius 3 is 2.21 bits per heavy atom. The van der Waals surface area contributed by atoms with Crippen molar-refractivity contribution in [1.29, 1.82) is 0 Å². The highest BCUT2D eigenvalue weighted by atomic mass is 32.2. The van der Waals surface area contributed by atoms with Gasteiger partial charge in [0.15, 0.2) is 0 Å². The molecule has 0 amide bonds. The van der Waals surface area contributed by atoms with Crippen LogP contribution in [0.2, 0.25) is 0 Å². The summed E-state index contributed by atoms with van der Waals surface area (Å²) in [6.07, 6.45) is 0. The van der Waals surface area contributed by atoms with Gasteiger partial charge in [-0.2, -0.15) is 0 Å². The Morgan fingerprint density at radius 1 is 1.04 bits per heavy atom. The van der Waals surface area contributed by atoms with E-state index in [1.807, 2.05) is 25.1 Å². The van der Waals surface area contributed by atoms with E-state index in [0.717, 1.165) is 26.2 Å². The number of nitrogens with zero attached hydrogens (tertiary/aromatic N) is 3. The highest BCUT2D eigenvalue weighted by molar-refractivity contribution is 7.89. The monoisotopic (exact) mass is 404 g/mol. The van der Waals surface area contributed by atoms with Gasteiger partial charge >= 0.3 is 0 Å². The largest absolute Gasteiger partial charge is 0.369 e. The molecule has 0 unspecified atom stereocenters. The van der Waals surface area contributed by atoms with E-state index in [-0.39, 0.29) is 23.2 Å². The van der Waals surface area contributed by atoms with Crippen molar-refractivity contribution in [2.45, 2.75) is 17.9 Å². The molecule has 2 aromatic carbocycles. The predicted molar refractivity (Wildman–Crippen MR) is 108 cm³/mol. The van der Waals surface area contributed by atoms with Crippen LogP contribution in [0.25, 0.3) is 0 Å². The molecule has 0 saturated carbocycles. The molecule has 1 aliphatic rings. The van der Waals surface area contributed by atoms with E-state index < -0.39 is 14.9 Å². The van der Waals surface area contributed by atoms with E-state index in [1.54, 1.807) is 0 Å². The fourth-order valence-corrected chi connectivity index (χ4v) is 4.37. The molecule has 1 saturated heterocycles. The van der Waals surface area contributed by atoms with Crippen molar-refractivity contribution >= 4 is 21.4 Å². The Balaban J connectivity index is 1.52. The number of nitrogens with one attached hydrogen (secondary N) is 1. The first-order valence-electron chi connectivity index (χ1n) is 9.15. The zero-order valence-corrected chi connectivity index (χ0v) is 16.5. The van der Waals surface area contributed by atoms with Gasteiger partial charge in [-0.1, -0.05) is 18.2 Å². The lowest BCUT2D eigenvalue weighted by molar-refractivity contribution is -0.384. The summed E-state index contributed by atoms with van der Waals surface area (Å²) in [6.45, 7) is 5.78. The van der Waals surface area contributed by atoms with Crippen LogP contribution in [0.3, 0.4) is 0 Å². The summed E-state index contributed by atoms with van der Waals surface area (Å²) in [4.78, 5) is 14.8. The average Bonchev–Trinajstić information content (AvgIpc) is 2.73. The van der Waals surface area contributed by atoms with Crippen LogP contribution in [0, 0.1) is 10.1 Å². The smallest absolute Gasteiger partial charge is 0.269 e. The highest BCUT2D eigenvalue weighted by Crippen LogP contribution is 2.18. The summed E-state index contributed by atoms with van der Waals surface area (Å²) in [6, 6.07) is 15.2. The molecule has 150 valence electrons. The molecule has 1 atom stereocenters. The number of hydrogen-bond donors (Lipinski definition) is 1. The Labute approximate surface area is 165 Å². The van der Waals surface area contributed by atoms with Crippen LogP contribution < -0.4 is 9.62 Å². The lowest BCUT2D eigenvalue weighted by Gasteiger charge is -2.39. The number of sulfonamides is 1. The predicted octanol–water partition coefficient (Wildman–Crippen LogP) is 2.08. The fourth-order valence-electron chi connectivity index (χ4n) is 3.25. The number of para-hydroxylation sites is 1. The molecule has 0 radical (unpaired) electrons. The third-order valence-corrected chi connectivity index (χ3v) is 6.43. The normalized spacial score (nSPS) is 16.7. The number of benzene rings is 2. The van der Waals surface area contributed by atoms with Crippen LogP contribution in [0.5, 0.6) is 0 Å². The van der Waals surface area contributed by atoms with Crippen LogP contribution in [0.15, 0.2) is 59.5 Å². The Bertz CT molecular complexity index is 895. The van der Waals surface area contributed by atoms with E-state index in [4.69, 9.17) is 0 Å². The van der Waals surface area contributed by atoms with E-state index in [2.05, 4.69) is 26.7 Å². The summed E-state index contributed by atoms with van der Waals surface area (Å²) < 4.78 is 27.5. The van der Waals surface area contributed by atoms with Crippen molar-refractivity contribution in [1.82, 2.24) is 9.62 Å². The molecule has 0 spiro atoms. The van der Waals surface area contributed by atoms with E-state index >= 15 is 0 Å². The zero-order chi connectivity index (χ0) is 20.1. The average molecular weight is 404 g/mol. The van der Waals surface area contributed by atoms with Crippen LogP contribution in [0.4, 0.5) is 11.4 Å². The van der Waals surface area contributed by atoms with Gasteiger partial charge in [-0.15, -0.1) is 0 Å². The standard InChI is InChI=1S/C19H24N4O4S/c1-16(21-11-13-22(14-12-21)17-5-3-2-4-6-17)15-20-28(26,27)19-9-7-18(8-10-19)23(24)25/h2-10,16,20H,11-15H2,1H3/t16-/m0/s1. The minimum Gasteiger partial charge on any atom is -0.369 e. The molecule has 0 aromatic heterocycles. The number of nitro benzene ring substituents is 1. The van der Waals surface area contributed by atoms with Gasteiger partial charge in [0.05, 0.1) is 9.82 Å². The Morgan fingerprint density at radius 2 is 1.64 bits per heavy atom. The molecule has 0 aliphatic carbocycles. The van der Waals surface area contributed by atoms with Crippen molar-refractivity contribution in [3.8, 4) is 0 Å². The fraction of sp³-hybridized carbons (Fsp3) is 0.368. The van der Waals surface area contributed by atoms with Crippen molar-refractivity contribution in [2.75, 3.05) is 37.6 Å². The van der Waals surface area contributed by atoms with Crippen molar-refractivity contribution in [2.24, 2.45) is 0 Å². The summed E-state index contributed by atoms with van der Waals surface area (Å²) in [5, 5.41) is 10.7. The van der Waals surface area contributed by atoms with Crippen LogP contribution in [-0.4, -0.2) is 57.0 Å². The molecular weight excluding hydrogens is 380 g/mol. The van der Waals surface area contributed by atoms with E-state index in [9.17, 15) is 18.5 Å². The Hall–Kier alpha value is -2.49. The maximum Gasteiger partial charge on any atom is 0.269 e. The zero-order valence-electron chi connectivity index (χ0n) is 15.7. The van der Waals surface area contributed by atoms with Gasteiger partial charge in [0, 0.05) is 56.6 Å². The third-order valence-electron chi connectivity index (χ3n) is 4.99. The molecule has 8 nitrogen and oxygen atoms in total. The van der Waals surface area contributed by atoms with Gasteiger partial charge in [-0.05, 0) is 31.2 Å². The van der Waals surface area contributed by atoms with Crippen molar-refractivity contribution in [3.05, 3.63) is 64.7 Å². The quantitative estimate of drug-likeness (QED) is 0.561. The summed E-state index contributed by atoms with van der Waals surface area (Å²) in [7, 11) is -3.70. The van der Waals surface area contributed by atoms with Gasteiger partial charge in [0.1, 0.15) is 0 Å². The number of non-ortho nitro benzene ring substituents is 1. The Kier molecular flexibility index (Phi) is 6.28. The first-order valence-corrected chi connectivity index (χ1v) is 10.6. The van der Waals surface area contributed by atoms with Crippen LogP contribution in [0.1, 0.15) is 6.92 Å². The van der Waals surface area contributed by atoms with Gasteiger partial charge in [0.2, 0.25) is 10.0 Å². The lowest BCUT2D eigenvalue weighted by atomic mass is 10.2. The molecule has 0 bridgehead atoms. The minimum atomic E-state index is -3.70. The maximum absolute atomic E-state index is 12.4. The third kappa shape index (κ3) is 4.86. The second-order valence-corrected chi connectivity index (χ2v) is 8.58. The van der Waals surface area contributed by atoms with Crippen molar-refractivity contribution < 1.29 is 13.3 Å². The van der Waals surface area contributed by atoms with E-state index in [0.29, 0.717) is 0 Å². The summed E-state index contributed by atoms with van der Waals surface area (Å²) in [5.74, 6) is 0. The van der Waals surface area contributed by atoms with Gasteiger partial charge in [-0.25, -0.2) is 13.1 Å². The number of rotatable bonds is 7. The second-order valence-electron chi connectivity index (χ2n) is 6.81. The van der Waals surface area contributed by atoms with Crippen LogP contribution >= 0.6 is 0 Å². The molecule has 3 rings (SSSR count). The SMILES string of the molecule is C[C@@H](CNS(=O)(=O)c1ccc([N+](=O)[O-])cc1)N1CCN(c2ccccc2)CC1. The molecule has 28 heavy (non-hydrogen) atoms. The molecule has 1 fully saturated rings. The first kappa shape index (κ1) is 20.2. The molecular formula is C19H24N4O4S. The second kappa shape index (κ2) is 8.68. The maximum atomic E-state index is 12.4. The highest BCUT2D eigenvalue weighted by Gasteiger charge is 2.23.